The predicted molar refractivity (Wildman–Crippen MR) is 56.4 cm³/mol. The number of hydrogen-bond donors (Lipinski definition) is 1. The van der Waals surface area contributed by atoms with Gasteiger partial charge in [0.05, 0.1) is 6.54 Å². The van der Waals surface area contributed by atoms with E-state index in [4.69, 9.17) is 9.52 Å². The number of amides is 1. The maximum Gasteiger partial charge on any atom is 0.357 e. The minimum atomic E-state index is -1.09. The molecule has 1 amide bonds. The highest BCUT2D eigenvalue weighted by atomic mass is 16.4. The summed E-state index contributed by atoms with van der Waals surface area (Å²) in [4.78, 5) is 28.7. The van der Waals surface area contributed by atoms with Crippen LogP contribution in [0.2, 0.25) is 0 Å². The summed E-state index contributed by atoms with van der Waals surface area (Å²) < 4.78 is 5.07. The van der Waals surface area contributed by atoms with Gasteiger partial charge in [-0.05, 0) is 0 Å². The van der Waals surface area contributed by atoms with E-state index in [1.54, 1.807) is 4.90 Å². The van der Waals surface area contributed by atoms with E-state index >= 15 is 0 Å². The second-order valence-electron chi connectivity index (χ2n) is 3.85. The number of rotatable bonds is 4. The number of nitrogens with zero attached hydrogens (tertiary/aromatic N) is 3. The van der Waals surface area contributed by atoms with E-state index in [-0.39, 0.29) is 5.69 Å². The molecule has 2 rings (SSSR count). The first kappa shape index (κ1) is 11.6. The largest absolute Gasteiger partial charge is 0.476 e. The Morgan fingerprint density at radius 1 is 1.47 bits per heavy atom. The van der Waals surface area contributed by atoms with Gasteiger partial charge in [-0.2, -0.15) is 0 Å². The molecular weight excluding hydrogens is 226 g/mol. The Labute approximate surface area is 97.6 Å². The average Bonchev–Trinajstić information content (AvgIpc) is 2.79. The molecule has 0 saturated carbocycles. The summed E-state index contributed by atoms with van der Waals surface area (Å²) >= 11 is 0. The Bertz CT molecular complexity index is 409. The number of piperazine rings is 1. The van der Waals surface area contributed by atoms with Gasteiger partial charge in [-0.3, -0.25) is 9.69 Å². The minimum absolute atomic E-state index is 0.0773. The maximum atomic E-state index is 10.6. The molecule has 92 valence electrons. The van der Waals surface area contributed by atoms with Gasteiger partial charge >= 0.3 is 5.97 Å². The highest BCUT2D eigenvalue weighted by molar-refractivity contribution is 5.84. The zero-order valence-corrected chi connectivity index (χ0v) is 9.20. The Kier molecular flexibility index (Phi) is 3.38. The van der Waals surface area contributed by atoms with Crippen LogP contribution >= 0.6 is 0 Å². The fourth-order valence-electron chi connectivity index (χ4n) is 1.70. The molecule has 1 saturated heterocycles. The predicted octanol–water partition coefficient (Wildman–Crippen LogP) is -0.353. The fourth-order valence-corrected chi connectivity index (χ4v) is 1.70. The van der Waals surface area contributed by atoms with Crippen LogP contribution < -0.4 is 0 Å². The molecule has 0 radical (unpaired) electrons. The van der Waals surface area contributed by atoms with Gasteiger partial charge in [-0.25, -0.2) is 9.78 Å². The van der Waals surface area contributed by atoms with Crippen molar-refractivity contribution in [2.45, 2.75) is 6.54 Å². The van der Waals surface area contributed by atoms with Gasteiger partial charge in [0.1, 0.15) is 6.26 Å². The summed E-state index contributed by atoms with van der Waals surface area (Å²) in [6.45, 7) is 3.30. The van der Waals surface area contributed by atoms with E-state index in [1.165, 1.54) is 0 Å². The summed E-state index contributed by atoms with van der Waals surface area (Å²) in [5.41, 5.74) is -0.0773. The highest BCUT2D eigenvalue weighted by Gasteiger charge is 2.18. The Morgan fingerprint density at radius 2 is 2.18 bits per heavy atom. The van der Waals surface area contributed by atoms with Crippen molar-refractivity contribution in [1.82, 2.24) is 14.8 Å². The standard InChI is InChI=1S/C10H13N3O4/c14-7-13-3-1-12(2-4-13)5-9-11-8(6-17-9)10(15)16/h6-7H,1-5H2,(H,15,16). The van der Waals surface area contributed by atoms with Crippen molar-refractivity contribution in [3.05, 3.63) is 17.8 Å². The van der Waals surface area contributed by atoms with Crippen LogP contribution in [0.5, 0.6) is 0 Å². The van der Waals surface area contributed by atoms with E-state index in [2.05, 4.69) is 9.88 Å². The lowest BCUT2D eigenvalue weighted by atomic mass is 10.3. The number of hydrogen-bond acceptors (Lipinski definition) is 5. The van der Waals surface area contributed by atoms with Gasteiger partial charge in [-0.15, -0.1) is 0 Å². The highest BCUT2D eigenvalue weighted by Crippen LogP contribution is 2.08. The number of oxazole rings is 1. The number of carboxylic acid groups (broad SMARTS) is 1. The lowest BCUT2D eigenvalue weighted by molar-refractivity contribution is -0.119. The molecule has 1 aromatic heterocycles. The normalized spacial score (nSPS) is 17.1. The van der Waals surface area contributed by atoms with Crippen molar-refractivity contribution in [3.63, 3.8) is 0 Å². The zero-order valence-electron chi connectivity index (χ0n) is 9.20. The van der Waals surface area contributed by atoms with Crippen LogP contribution in [0, 0.1) is 0 Å². The van der Waals surface area contributed by atoms with Crippen LogP contribution in [0.3, 0.4) is 0 Å². The van der Waals surface area contributed by atoms with Crippen LogP contribution in [0.15, 0.2) is 10.7 Å². The van der Waals surface area contributed by atoms with Crippen molar-refractivity contribution < 1.29 is 19.1 Å². The third-order valence-electron chi connectivity index (χ3n) is 2.69. The second kappa shape index (κ2) is 4.96. The zero-order chi connectivity index (χ0) is 12.3. The molecule has 1 aromatic rings. The van der Waals surface area contributed by atoms with E-state index in [1.807, 2.05) is 0 Å². The number of aromatic nitrogens is 1. The van der Waals surface area contributed by atoms with E-state index < -0.39 is 5.97 Å². The first-order valence-electron chi connectivity index (χ1n) is 5.28. The van der Waals surface area contributed by atoms with Crippen LogP contribution in [0.1, 0.15) is 16.4 Å². The van der Waals surface area contributed by atoms with Crippen molar-refractivity contribution in [2.24, 2.45) is 0 Å². The topological polar surface area (TPSA) is 86.9 Å². The molecule has 2 heterocycles. The number of carbonyl (C=O) groups is 2. The molecule has 7 nitrogen and oxygen atoms in total. The smallest absolute Gasteiger partial charge is 0.357 e. The maximum absolute atomic E-state index is 10.6. The average molecular weight is 239 g/mol. The van der Waals surface area contributed by atoms with Gasteiger partial charge in [0, 0.05) is 26.2 Å². The molecule has 0 spiro atoms. The van der Waals surface area contributed by atoms with E-state index in [0.717, 1.165) is 25.8 Å². The molecule has 1 aliphatic heterocycles. The molecule has 1 aliphatic rings. The van der Waals surface area contributed by atoms with Crippen LogP contribution in [0.4, 0.5) is 0 Å². The van der Waals surface area contributed by atoms with Gasteiger partial charge in [0.25, 0.3) is 0 Å². The Morgan fingerprint density at radius 3 is 2.71 bits per heavy atom. The molecule has 1 N–H and O–H groups in total. The van der Waals surface area contributed by atoms with E-state index in [9.17, 15) is 9.59 Å². The monoisotopic (exact) mass is 239 g/mol. The lowest BCUT2D eigenvalue weighted by Gasteiger charge is -2.31. The van der Waals surface area contributed by atoms with Crippen molar-refractivity contribution in [2.75, 3.05) is 26.2 Å². The van der Waals surface area contributed by atoms with Crippen LogP contribution in [-0.4, -0.2) is 58.4 Å². The third-order valence-corrected chi connectivity index (χ3v) is 2.69. The van der Waals surface area contributed by atoms with Gasteiger partial charge < -0.3 is 14.4 Å². The molecular formula is C10H13N3O4. The summed E-state index contributed by atoms with van der Waals surface area (Å²) in [5.74, 6) is -0.701. The SMILES string of the molecule is O=CN1CCN(Cc2nc(C(=O)O)co2)CC1. The summed E-state index contributed by atoms with van der Waals surface area (Å²) in [6, 6.07) is 0. The van der Waals surface area contributed by atoms with Crippen molar-refractivity contribution >= 4 is 12.4 Å². The van der Waals surface area contributed by atoms with Gasteiger partial charge in [-0.1, -0.05) is 0 Å². The van der Waals surface area contributed by atoms with Gasteiger partial charge in [0.2, 0.25) is 12.3 Å². The Hall–Kier alpha value is -1.89. The lowest BCUT2D eigenvalue weighted by Crippen LogP contribution is -2.45. The number of carboxylic acids is 1. The third kappa shape index (κ3) is 2.82. The molecule has 0 aliphatic carbocycles. The quantitative estimate of drug-likeness (QED) is 0.722. The summed E-state index contributed by atoms with van der Waals surface area (Å²) in [7, 11) is 0. The molecule has 0 bridgehead atoms. The molecule has 0 aromatic carbocycles. The second-order valence-corrected chi connectivity index (χ2v) is 3.85. The number of carbonyl (C=O) groups excluding carboxylic acids is 1. The van der Waals surface area contributed by atoms with E-state index in [0.29, 0.717) is 25.5 Å². The molecule has 7 heteroatoms. The van der Waals surface area contributed by atoms with Crippen molar-refractivity contribution in [1.29, 1.82) is 0 Å². The molecule has 1 fully saturated rings. The summed E-state index contributed by atoms with van der Waals surface area (Å²) in [6.07, 6.45) is 1.98. The minimum Gasteiger partial charge on any atom is -0.476 e. The van der Waals surface area contributed by atoms with Crippen LogP contribution in [-0.2, 0) is 11.3 Å². The molecule has 0 atom stereocenters. The number of aromatic carboxylic acids is 1. The Balaban J connectivity index is 1.88. The first-order valence-corrected chi connectivity index (χ1v) is 5.28. The van der Waals surface area contributed by atoms with Crippen LogP contribution in [0.25, 0.3) is 0 Å². The molecule has 0 unspecified atom stereocenters. The summed E-state index contributed by atoms with van der Waals surface area (Å²) in [5, 5.41) is 8.69. The molecule has 17 heavy (non-hydrogen) atoms. The fraction of sp³-hybridized carbons (Fsp3) is 0.500. The van der Waals surface area contributed by atoms with Gasteiger partial charge in [0.15, 0.2) is 5.69 Å². The van der Waals surface area contributed by atoms with Crippen molar-refractivity contribution in [3.8, 4) is 0 Å². The first-order chi connectivity index (χ1) is 8.19.